The third-order valence-corrected chi connectivity index (χ3v) is 5.97. The minimum absolute atomic E-state index is 0.821. The molecule has 0 aliphatic carbocycles. The van der Waals surface area contributed by atoms with E-state index in [9.17, 15) is 0 Å². The third-order valence-electron chi connectivity index (χ3n) is 5.97. The molecule has 5 rings (SSSR count). The van der Waals surface area contributed by atoms with Crippen molar-refractivity contribution < 1.29 is 14.3 Å². The number of hydrogen-bond acceptors (Lipinski definition) is 3. The van der Waals surface area contributed by atoms with Gasteiger partial charge in [-0.2, -0.15) is 0 Å². The Morgan fingerprint density at radius 3 is 0.972 bits per heavy atom. The average Bonchev–Trinajstić information content (AvgIpc) is 2.96. The van der Waals surface area contributed by atoms with Gasteiger partial charge in [-0.1, -0.05) is 90.5 Å². The van der Waals surface area contributed by atoms with E-state index < -0.39 is 0 Å². The van der Waals surface area contributed by atoms with Crippen LogP contribution >= 0.6 is 0 Å². The molecule has 0 heterocycles. The Morgan fingerprint density at radius 2 is 0.667 bits per heavy atom. The van der Waals surface area contributed by atoms with Gasteiger partial charge < -0.3 is 14.3 Å². The number of hydrogen-bond donors (Lipinski definition) is 0. The van der Waals surface area contributed by atoms with E-state index in [4.69, 9.17) is 14.3 Å². The van der Waals surface area contributed by atoms with Crippen molar-refractivity contribution in [1.82, 2.24) is 0 Å². The fourth-order valence-corrected chi connectivity index (χ4v) is 3.95. The predicted octanol–water partition coefficient (Wildman–Crippen LogP) is 8.61. The van der Waals surface area contributed by atoms with E-state index in [1.54, 1.807) is 7.11 Å². The van der Waals surface area contributed by atoms with E-state index in [0.717, 1.165) is 22.8 Å². The topological polar surface area (TPSA) is 35.5 Å². The molecule has 3 heteroatoms. The Kier molecular flexibility index (Phi) is 7.94. The van der Waals surface area contributed by atoms with E-state index in [1.807, 2.05) is 43.2 Å². The summed E-state index contributed by atoms with van der Waals surface area (Å²) in [6.07, 6.45) is 0. The van der Waals surface area contributed by atoms with Crippen LogP contribution in [0.25, 0.3) is 33.4 Å². The highest BCUT2D eigenvalue weighted by Crippen LogP contribution is 2.30. The summed E-state index contributed by atoms with van der Waals surface area (Å²) in [5.41, 5.74) is 8.33. The number of aryl methyl sites for hydroxylation is 1. The molecule has 0 spiro atoms. The van der Waals surface area contributed by atoms with Gasteiger partial charge in [0.15, 0.2) is 0 Å². The van der Waals surface area contributed by atoms with Crippen LogP contribution in [0.1, 0.15) is 5.56 Å². The van der Waals surface area contributed by atoms with E-state index in [1.165, 1.54) is 33.4 Å². The standard InChI is InChI=1S/C32H26O2.CH2O/c1-23-3-5-24(6-4-23)28-13-19-31(20-14-28)34-32-21-15-29(16-22-32)26-9-7-25(8-10-26)27-11-17-30(33-2)18-12-27;1-2/h3-22H,1-2H3;1H2. The molecule has 178 valence electrons. The summed E-state index contributed by atoms with van der Waals surface area (Å²) >= 11 is 0. The van der Waals surface area contributed by atoms with Crippen LogP contribution in [0.5, 0.6) is 17.2 Å². The van der Waals surface area contributed by atoms with E-state index in [-0.39, 0.29) is 0 Å². The lowest BCUT2D eigenvalue weighted by Gasteiger charge is -2.09. The van der Waals surface area contributed by atoms with Gasteiger partial charge >= 0.3 is 0 Å². The summed E-state index contributed by atoms with van der Waals surface area (Å²) in [5, 5.41) is 0. The van der Waals surface area contributed by atoms with Gasteiger partial charge in [0.2, 0.25) is 0 Å². The van der Waals surface area contributed by atoms with Crippen LogP contribution in [0.2, 0.25) is 0 Å². The number of ether oxygens (including phenoxy) is 2. The van der Waals surface area contributed by atoms with Crippen LogP contribution in [-0.2, 0) is 4.79 Å². The van der Waals surface area contributed by atoms with Gasteiger partial charge in [-0.25, -0.2) is 0 Å². The molecule has 5 aromatic carbocycles. The van der Waals surface area contributed by atoms with Crippen molar-refractivity contribution in [3.05, 3.63) is 127 Å². The molecule has 5 aromatic rings. The zero-order valence-corrected chi connectivity index (χ0v) is 20.5. The fraction of sp³-hybridized carbons (Fsp3) is 0.0606. The third kappa shape index (κ3) is 5.89. The molecule has 0 aliphatic heterocycles. The normalized spacial score (nSPS) is 10.2. The molecule has 36 heavy (non-hydrogen) atoms. The molecule has 0 bridgehead atoms. The van der Waals surface area contributed by atoms with Gasteiger partial charge in [-0.3, -0.25) is 0 Å². The summed E-state index contributed by atoms with van der Waals surface area (Å²) in [5.74, 6) is 2.51. The van der Waals surface area contributed by atoms with Crippen molar-refractivity contribution in [3.8, 4) is 50.6 Å². The SMILES string of the molecule is C=O.COc1ccc(-c2ccc(-c3ccc(Oc4ccc(-c5ccc(C)cc5)cc4)cc3)cc2)cc1. The predicted molar refractivity (Wildman–Crippen MR) is 148 cm³/mol. The minimum atomic E-state index is 0.821. The van der Waals surface area contributed by atoms with Gasteiger partial charge in [-0.05, 0) is 76.7 Å². The highest BCUT2D eigenvalue weighted by atomic mass is 16.5. The Morgan fingerprint density at radius 1 is 0.417 bits per heavy atom. The zero-order chi connectivity index (χ0) is 25.3. The first-order chi connectivity index (χ1) is 17.7. The Bertz CT molecular complexity index is 1370. The van der Waals surface area contributed by atoms with E-state index >= 15 is 0 Å². The molecule has 0 radical (unpaired) electrons. The van der Waals surface area contributed by atoms with E-state index in [2.05, 4.69) is 91.9 Å². The second-order valence-electron chi connectivity index (χ2n) is 8.32. The van der Waals surface area contributed by atoms with Crippen molar-refractivity contribution in [2.45, 2.75) is 6.92 Å². The second kappa shape index (κ2) is 11.7. The van der Waals surface area contributed by atoms with Crippen molar-refractivity contribution in [3.63, 3.8) is 0 Å². The molecule has 0 unspecified atom stereocenters. The minimum Gasteiger partial charge on any atom is -0.497 e. The van der Waals surface area contributed by atoms with E-state index in [0.29, 0.717) is 0 Å². The maximum absolute atomic E-state index is 8.00. The summed E-state index contributed by atoms with van der Waals surface area (Å²) in [6.45, 7) is 4.10. The maximum Gasteiger partial charge on any atom is 0.127 e. The summed E-state index contributed by atoms with van der Waals surface area (Å²) in [4.78, 5) is 8.00. The van der Waals surface area contributed by atoms with Crippen LogP contribution in [0.3, 0.4) is 0 Å². The lowest BCUT2D eigenvalue weighted by Crippen LogP contribution is -1.86. The molecule has 0 saturated carbocycles. The van der Waals surface area contributed by atoms with Crippen molar-refractivity contribution in [2.75, 3.05) is 7.11 Å². The largest absolute Gasteiger partial charge is 0.497 e. The molecule has 0 N–H and O–H groups in total. The zero-order valence-electron chi connectivity index (χ0n) is 20.5. The number of benzene rings is 5. The van der Waals surface area contributed by atoms with Crippen LogP contribution in [0.4, 0.5) is 0 Å². The molecule has 0 aliphatic rings. The first-order valence-electron chi connectivity index (χ1n) is 11.7. The lowest BCUT2D eigenvalue weighted by atomic mass is 10.0. The molecule has 0 aromatic heterocycles. The molecule has 0 amide bonds. The summed E-state index contributed by atoms with van der Waals surface area (Å²) in [6, 6.07) is 41.7. The summed E-state index contributed by atoms with van der Waals surface area (Å²) < 4.78 is 11.3. The maximum atomic E-state index is 8.00. The first-order valence-corrected chi connectivity index (χ1v) is 11.7. The molecular formula is C33H28O3. The highest BCUT2D eigenvalue weighted by molar-refractivity contribution is 5.71. The van der Waals surface area contributed by atoms with Crippen molar-refractivity contribution >= 4 is 6.79 Å². The van der Waals surface area contributed by atoms with Crippen LogP contribution in [0.15, 0.2) is 121 Å². The van der Waals surface area contributed by atoms with Crippen molar-refractivity contribution in [2.24, 2.45) is 0 Å². The molecular weight excluding hydrogens is 444 g/mol. The molecule has 0 saturated heterocycles. The molecule has 0 fully saturated rings. The molecule has 3 nitrogen and oxygen atoms in total. The van der Waals surface area contributed by atoms with Crippen LogP contribution < -0.4 is 9.47 Å². The van der Waals surface area contributed by atoms with Gasteiger partial charge in [-0.15, -0.1) is 0 Å². The number of carbonyl (C=O) groups is 1. The van der Waals surface area contributed by atoms with Crippen molar-refractivity contribution in [1.29, 1.82) is 0 Å². The Balaban J connectivity index is 0.00000148. The van der Waals surface area contributed by atoms with Gasteiger partial charge in [0.1, 0.15) is 24.0 Å². The van der Waals surface area contributed by atoms with Gasteiger partial charge in [0, 0.05) is 0 Å². The number of carbonyl (C=O) groups excluding carboxylic acids is 1. The van der Waals surface area contributed by atoms with Crippen LogP contribution in [0, 0.1) is 6.92 Å². The van der Waals surface area contributed by atoms with Gasteiger partial charge in [0.25, 0.3) is 0 Å². The highest BCUT2D eigenvalue weighted by Gasteiger charge is 2.04. The second-order valence-corrected chi connectivity index (χ2v) is 8.32. The average molecular weight is 473 g/mol. The Labute approximate surface area is 212 Å². The molecule has 0 atom stereocenters. The fourth-order valence-electron chi connectivity index (χ4n) is 3.95. The summed E-state index contributed by atoms with van der Waals surface area (Å²) in [7, 11) is 1.68. The smallest absolute Gasteiger partial charge is 0.127 e. The number of rotatable bonds is 6. The first kappa shape index (κ1) is 24.5. The monoisotopic (exact) mass is 472 g/mol. The lowest BCUT2D eigenvalue weighted by molar-refractivity contribution is -0.0979. The number of methoxy groups -OCH3 is 1. The quantitative estimate of drug-likeness (QED) is 0.248. The Hall–Kier alpha value is -4.63. The van der Waals surface area contributed by atoms with Gasteiger partial charge in [0.05, 0.1) is 7.11 Å². The van der Waals surface area contributed by atoms with Crippen LogP contribution in [-0.4, -0.2) is 13.9 Å².